The van der Waals surface area contributed by atoms with E-state index in [9.17, 15) is 0 Å². The monoisotopic (exact) mass is 357 g/mol. The molecule has 0 amide bonds. The minimum absolute atomic E-state index is 0.275. The van der Waals surface area contributed by atoms with E-state index < -0.39 is 0 Å². The summed E-state index contributed by atoms with van der Waals surface area (Å²) in [5.74, 6) is 0.463. The molecule has 0 fully saturated rings. The first-order chi connectivity index (χ1) is 10.3. The van der Waals surface area contributed by atoms with Crippen molar-refractivity contribution >= 4 is 34.5 Å². The average Bonchev–Trinajstić information content (AvgIpc) is 2.83. The highest BCUT2D eigenvalue weighted by atomic mass is 35.5. The summed E-state index contributed by atoms with van der Waals surface area (Å²) < 4.78 is 0. The predicted molar refractivity (Wildman–Crippen MR) is 95.1 cm³/mol. The van der Waals surface area contributed by atoms with E-state index in [1.807, 2.05) is 6.07 Å². The number of hydrogen-bond acceptors (Lipinski definition) is 4. The molecule has 2 heterocycles. The molecule has 0 spiro atoms. The van der Waals surface area contributed by atoms with E-state index >= 15 is 0 Å². The van der Waals surface area contributed by atoms with Crippen molar-refractivity contribution in [3.05, 3.63) is 43.6 Å². The molecule has 0 saturated carbocycles. The summed E-state index contributed by atoms with van der Waals surface area (Å²) in [6.45, 7) is 9.35. The third-order valence-electron chi connectivity index (χ3n) is 3.70. The Morgan fingerprint density at radius 1 is 1.18 bits per heavy atom. The van der Waals surface area contributed by atoms with Gasteiger partial charge in [-0.2, -0.15) is 0 Å². The molecule has 2 aromatic heterocycles. The SMILES string of the molecule is Cc1nc(C(C)C)sc1[C@@H](C)N(C)Cc1ccc(Cl)nc1Cl. The van der Waals surface area contributed by atoms with Crippen molar-refractivity contribution in [3.63, 3.8) is 0 Å². The minimum atomic E-state index is 0.275. The fraction of sp³-hybridized carbons (Fsp3) is 0.500. The number of halogens is 2. The number of thiazole rings is 1. The van der Waals surface area contributed by atoms with Gasteiger partial charge >= 0.3 is 0 Å². The van der Waals surface area contributed by atoms with Crippen LogP contribution in [0.25, 0.3) is 0 Å². The Kier molecular flexibility index (Phi) is 5.83. The number of aryl methyl sites for hydroxylation is 1. The van der Waals surface area contributed by atoms with Gasteiger partial charge in [-0.25, -0.2) is 9.97 Å². The molecule has 0 saturated heterocycles. The summed E-state index contributed by atoms with van der Waals surface area (Å²) in [4.78, 5) is 12.3. The van der Waals surface area contributed by atoms with Gasteiger partial charge in [0.2, 0.25) is 0 Å². The van der Waals surface area contributed by atoms with Crippen LogP contribution in [0.5, 0.6) is 0 Å². The quantitative estimate of drug-likeness (QED) is 0.664. The fourth-order valence-corrected chi connectivity index (χ4v) is 3.82. The molecule has 0 radical (unpaired) electrons. The molecule has 0 aliphatic carbocycles. The summed E-state index contributed by atoms with van der Waals surface area (Å²) in [5.41, 5.74) is 2.10. The maximum Gasteiger partial charge on any atom is 0.135 e. The van der Waals surface area contributed by atoms with E-state index in [2.05, 4.69) is 49.6 Å². The standard InChI is InChI=1S/C16H21Cl2N3S/c1-9(2)16-19-10(3)14(22-16)11(4)21(5)8-12-6-7-13(17)20-15(12)18/h6-7,9,11H,8H2,1-5H3/t11-/m1/s1. The van der Waals surface area contributed by atoms with Gasteiger partial charge < -0.3 is 0 Å². The van der Waals surface area contributed by atoms with Crippen molar-refractivity contribution in [3.8, 4) is 0 Å². The molecule has 120 valence electrons. The lowest BCUT2D eigenvalue weighted by atomic mass is 10.2. The Labute approximate surface area is 146 Å². The average molecular weight is 358 g/mol. The van der Waals surface area contributed by atoms with Gasteiger partial charge in [-0.15, -0.1) is 11.3 Å². The zero-order valence-electron chi connectivity index (χ0n) is 13.5. The molecule has 0 unspecified atom stereocenters. The van der Waals surface area contributed by atoms with Crippen molar-refractivity contribution in [1.82, 2.24) is 14.9 Å². The molecule has 0 N–H and O–H groups in total. The minimum Gasteiger partial charge on any atom is -0.294 e. The largest absolute Gasteiger partial charge is 0.294 e. The van der Waals surface area contributed by atoms with Crippen LogP contribution in [-0.4, -0.2) is 21.9 Å². The predicted octanol–water partition coefficient (Wildman–Crippen LogP) is 5.47. The Hall–Kier alpha value is -0.680. The van der Waals surface area contributed by atoms with Crippen molar-refractivity contribution in [1.29, 1.82) is 0 Å². The molecular formula is C16H21Cl2N3S. The van der Waals surface area contributed by atoms with E-state index in [1.54, 1.807) is 17.4 Å². The summed E-state index contributed by atoms with van der Waals surface area (Å²) in [6.07, 6.45) is 0. The lowest BCUT2D eigenvalue weighted by Gasteiger charge is -2.24. The van der Waals surface area contributed by atoms with Crippen molar-refractivity contribution in [2.75, 3.05) is 7.05 Å². The molecule has 1 atom stereocenters. The van der Waals surface area contributed by atoms with Gasteiger partial charge in [0.25, 0.3) is 0 Å². The molecular weight excluding hydrogens is 337 g/mol. The van der Waals surface area contributed by atoms with Gasteiger partial charge in [-0.3, -0.25) is 4.90 Å². The highest BCUT2D eigenvalue weighted by Crippen LogP contribution is 2.32. The molecule has 0 aliphatic heterocycles. The number of rotatable bonds is 5. The van der Waals surface area contributed by atoms with Crippen LogP contribution in [0.4, 0.5) is 0 Å². The van der Waals surface area contributed by atoms with Crippen LogP contribution in [0.2, 0.25) is 10.3 Å². The van der Waals surface area contributed by atoms with Crippen LogP contribution in [0.1, 0.15) is 53.9 Å². The Bertz CT molecular complexity index is 655. The summed E-state index contributed by atoms with van der Waals surface area (Å²) in [6, 6.07) is 3.98. The first-order valence-corrected chi connectivity index (χ1v) is 8.85. The van der Waals surface area contributed by atoms with E-state index in [-0.39, 0.29) is 6.04 Å². The van der Waals surface area contributed by atoms with Crippen molar-refractivity contribution in [2.45, 2.75) is 46.2 Å². The first-order valence-electron chi connectivity index (χ1n) is 7.28. The number of aromatic nitrogens is 2. The maximum absolute atomic E-state index is 6.17. The Morgan fingerprint density at radius 3 is 2.41 bits per heavy atom. The normalized spacial score (nSPS) is 13.1. The van der Waals surface area contributed by atoms with E-state index in [1.165, 1.54) is 9.88 Å². The summed E-state index contributed by atoms with van der Waals surface area (Å²) in [7, 11) is 2.09. The van der Waals surface area contributed by atoms with Gasteiger partial charge in [0.1, 0.15) is 10.3 Å². The molecule has 3 nitrogen and oxygen atoms in total. The molecule has 0 bridgehead atoms. The van der Waals surface area contributed by atoms with E-state index in [0.717, 1.165) is 17.8 Å². The van der Waals surface area contributed by atoms with E-state index in [0.29, 0.717) is 16.2 Å². The zero-order valence-corrected chi connectivity index (χ0v) is 15.9. The molecule has 0 aliphatic rings. The van der Waals surface area contributed by atoms with E-state index in [4.69, 9.17) is 23.2 Å². The number of pyridine rings is 1. The molecule has 2 aromatic rings. The Morgan fingerprint density at radius 2 is 1.86 bits per heavy atom. The van der Waals surface area contributed by atoms with Crippen LogP contribution >= 0.6 is 34.5 Å². The molecule has 0 aromatic carbocycles. The second-order valence-electron chi connectivity index (χ2n) is 5.83. The summed E-state index contributed by atoms with van der Waals surface area (Å²) in [5, 5.41) is 2.08. The van der Waals surface area contributed by atoms with Gasteiger partial charge in [-0.05, 0) is 27.0 Å². The van der Waals surface area contributed by atoms with Crippen LogP contribution in [0, 0.1) is 6.92 Å². The lowest BCUT2D eigenvalue weighted by Crippen LogP contribution is -2.22. The maximum atomic E-state index is 6.17. The first kappa shape index (κ1) is 17.7. The summed E-state index contributed by atoms with van der Waals surface area (Å²) >= 11 is 13.8. The van der Waals surface area contributed by atoms with Crippen molar-refractivity contribution < 1.29 is 0 Å². The number of nitrogens with zero attached hydrogens (tertiary/aromatic N) is 3. The van der Waals surface area contributed by atoms with Gasteiger partial charge in [0, 0.05) is 28.9 Å². The van der Waals surface area contributed by atoms with Crippen LogP contribution in [0.3, 0.4) is 0 Å². The second kappa shape index (κ2) is 7.26. The third-order valence-corrected chi connectivity index (χ3v) is 5.86. The highest BCUT2D eigenvalue weighted by molar-refractivity contribution is 7.11. The highest BCUT2D eigenvalue weighted by Gasteiger charge is 2.20. The zero-order chi connectivity index (χ0) is 16.4. The van der Waals surface area contributed by atoms with Crippen LogP contribution in [0.15, 0.2) is 12.1 Å². The Balaban J connectivity index is 2.16. The van der Waals surface area contributed by atoms with Gasteiger partial charge in [0.05, 0.1) is 10.7 Å². The van der Waals surface area contributed by atoms with Crippen LogP contribution in [-0.2, 0) is 6.54 Å². The second-order valence-corrected chi connectivity index (χ2v) is 7.64. The smallest absolute Gasteiger partial charge is 0.135 e. The van der Waals surface area contributed by atoms with Gasteiger partial charge in [-0.1, -0.05) is 43.1 Å². The fourth-order valence-electron chi connectivity index (χ4n) is 2.23. The topological polar surface area (TPSA) is 29.0 Å². The number of hydrogen-bond donors (Lipinski definition) is 0. The third kappa shape index (κ3) is 3.99. The van der Waals surface area contributed by atoms with Crippen molar-refractivity contribution in [2.24, 2.45) is 0 Å². The molecule has 2 rings (SSSR count). The molecule has 22 heavy (non-hydrogen) atoms. The van der Waals surface area contributed by atoms with Crippen LogP contribution < -0.4 is 0 Å². The van der Waals surface area contributed by atoms with Gasteiger partial charge in [0.15, 0.2) is 0 Å². The molecule has 6 heteroatoms. The lowest BCUT2D eigenvalue weighted by molar-refractivity contribution is 0.255.